The van der Waals surface area contributed by atoms with Crippen molar-refractivity contribution >= 4 is 43.4 Å². The van der Waals surface area contributed by atoms with Gasteiger partial charge in [-0.1, -0.05) is 0 Å². The summed E-state index contributed by atoms with van der Waals surface area (Å²) in [7, 11) is -3.19. The lowest BCUT2D eigenvalue weighted by molar-refractivity contribution is -0.117. The van der Waals surface area contributed by atoms with Crippen molar-refractivity contribution in [2.24, 2.45) is 5.92 Å². The highest BCUT2D eigenvalue weighted by Gasteiger charge is 2.29. The molecular formula is C31H26FN7O3S. The minimum Gasteiger partial charge on any atom is -0.353 e. The van der Waals surface area contributed by atoms with Gasteiger partial charge in [-0.2, -0.15) is 5.10 Å². The first-order valence-corrected chi connectivity index (χ1v) is 15.8. The monoisotopic (exact) mass is 595 g/mol. The molecule has 1 fully saturated rings. The van der Waals surface area contributed by atoms with Crippen LogP contribution in [0.3, 0.4) is 0 Å². The molecule has 1 saturated carbocycles. The second kappa shape index (κ2) is 10.4. The number of nitrogens with zero attached hydrogens (tertiary/aromatic N) is 4. The molecule has 3 N–H and O–H groups in total. The molecule has 0 unspecified atom stereocenters. The molecule has 5 heterocycles. The number of anilines is 1. The minimum absolute atomic E-state index is 0.0145. The van der Waals surface area contributed by atoms with E-state index in [0.717, 1.165) is 52.2 Å². The van der Waals surface area contributed by atoms with E-state index in [0.29, 0.717) is 33.8 Å². The number of hydrogen-bond acceptors (Lipinski definition) is 7. The first kappa shape index (κ1) is 26.9. The Balaban J connectivity index is 1.25. The van der Waals surface area contributed by atoms with Gasteiger partial charge in [0.25, 0.3) is 0 Å². The van der Waals surface area contributed by atoms with E-state index >= 15 is 0 Å². The Labute approximate surface area is 245 Å². The Morgan fingerprint density at radius 3 is 2.65 bits per heavy atom. The predicted molar refractivity (Wildman–Crippen MR) is 162 cm³/mol. The first-order chi connectivity index (χ1) is 20.7. The summed E-state index contributed by atoms with van der Waals surface area (Å²) in [6, 6.07) is 12.1. The molecule has 1 aliphatic rings. The molecule has 12 heteroatoms. The van der Waals surface area contributed by atoms with Crippen LogP contribution in [-0.4, -0.2) is 56.5 Å². The number of amides is 1. The number of aryl methyl sites for hydroxylation is 1. The summed E-state index contributed by atoms with van der Waals surface area (Å²) in [5, 5.41) is 11.9. The van der Waals surface area contributed by atoms with Crippen molar-refractivity contribution < 1.29 is 17.6 Å². The van der Waals surface area contributed by atoms with Gasteiger partial charge >= 0.3 is 0 Å². The molecule has 1 aliphatic carbocycles. The van der Waals surface area contributed by atoms with Crippen molar-refractivity contribution in [2.75, 3.05) is 17.3 Å². The summed E-state index contributed by atoms with van der Waals surface area (Å²) in [5.41, 5.74) is 6.72. The lowest BCUT2D eigenvalue weighted by Gasteiger charge is -2.07. The summed E-state index contributed by atoms with van der Waals surface area (Å²) in [4.78, 5) is 29.0. The van der Waals surface area contributed by atoms with Crippen molar-refractivity contribution in [1.82, 2.24) is 30.1 Å². The van der Waals surface area contributed by atoms with E-state index < -0.39 is 15.7 Å². The second-order valence-electron chi connectivity index (χ2n) is 11.0. The Kier molecular flexibility index (Phi) is 6.50. The molecule has 0 bridgehead atoms. The van der Waals surface area contributed by atoms with Crippen LogP contribution in [0.25, 0.3) is 55.7 Å². The molecular weight excluding hydrogens is 569 g/mol. The van der Waals surface area contributed by atoms with E-state index in [1.807, 2.05) is 24.3 Å². The summed E-state index contributed by atoms with van der Waals surface area (Å²) < 4.78 is 37.9. The number of nitrogens with one attached hydrogen (secondary N) is 3. The van der Waals surface area contributed by atoms with Crippen LogP contribution in [0.1, 0.15) is 18.4 Å². The van der Waals surface area contributed by atoms with Crippen LogP contribution in [0.5, 0.6) is 0 Å². The Bertz CT molecular complexity index is 2150. The fraction of sp³-hybridized carbons (Fsp3) is 0.194. The molecule has 1 aromatic carbocycles. The van der Waals surface area contributed by atoms with Gasteiger partial charge in [-0.3, -0.25) is 19.9 Å². The van der Waals surface area contributed by atoms with Crippen LogP contribution < -0.4 is 5.32 Å². The topological polar surface area (TPSA) is 146 Å². The number of aromatic nitrogens is 6. The van der Waals surface area contributed by atoms with Crippen molar-refractivity contribution in [3.8, 4) is 33.8 Å². The third-order valence-electron chi connectivity index (χ3n) is 7.51. The number of halogens is 1. The third-order valence-corrected chi connectivity index (χ3v) is 8.45. The number of aromatic amines is 2. The Hall–Kier alpha value is -4.97. The normalized spacial score (nSPS) is 13.5. The maximum absolute atomic E-state index is 14.6. The number of sulfone groups is 1. The molecule has 5 aromatic heterocycles. The SMILES string of the molecule is CS(=O)(=O)CCc1cc(F)cc(-c2nccc3[nH]c(-c4[nH]nc5ncc(-c6cncc(NC(=O)C7CC7)c6)cc45)cc23)c1. The Morgan fingerprint density at radius 1 is 1.00 bits per heavy atom. The smallest absolute Gasteiger partial charge is 0.227 e. The molecule has 7 rings (SSSR count). The van der Waals surface area contributed by atoms with E-state index in [1.54, 1.807) is 30.9 Å². The lowest BCUT2D eigenvalue weighted by Crippen LogP contribution is -2.13. The van der Waals surface area contributed by atoms with E-state index in [2.05, 4.69) is 35.5 Å². The number of carbonyl (C=O) groups excluding carboxylic acids is 1. The lowest BCUT2D eigenvalue weighted by atomic mass is 10.0. The standard InChI is InChI=1S/C31H26FN7O3S/c1-43(41,42)7-5-17-8-19(10-22(32)9-17)28-24-13-27(37-26(24)4-6-34-28)29-25-12-21(15-35-30(25)39-38-29)20-11-23(16-33-14-20)36-31(40)18-2-3-18/h4,6,8-16,18,37H,2-3,5,7H2,1H3,(H,36,40)(H,35,38,39). The zero-order valence-electron chi connectivity index (χ0n) is 23.1. The first-order valence-electron chi connectivity index (χ1n) is 13.8. The van der Waals surface area contributed by atoms with Gasteiger partial charge in [-0.15, -0.1) is 0 Å². The van der Waals surface area contributed by atoms with Gasteiger partial charge in [0.2, 0.25) is 5.91 Å². The average Bonchev–Trinajstić information content (AvgIpc) is 3.61. The third kappa shape index (κ3) is 5.61. The number of pyridine rings is 3. The van der Waals surface area contributed by atoms with E-state index in [-0.39, 0.29) is 24.0 Å². The van der Waals surface area contributed by atoms with Crippen molar-refractivity contribution in [1.29, 1.82) is 0 Å². The summed E-state index contributed by atoms with van der Waals surface area (Å²) in [5.74, 6) is -0.426. The minimum atomic E-state index is -3.19. The van der Waals surface area contributed by atoms with Gasteiger partial charge in [0.15, 0.2) is 5.65 Å². The fourth-order valence-electron chi connectivity index (χ4n) is 5.17. The second-order valence-corrected chi connectivity index (χ2v) is 13.2. The average molecular weight is 596 g/mol. The predicted octanol–water partition coefficient (Wildman–Crippen LogP) is 5.30. The summed E-state index contributed by atoms with van der Waals surface area (Å²) in [6.07, 6.45) is 9.92. The quantitative estimate of drug-likeness (QED) is 0.216. The van der Waals surface area contributed by atoms with Crippen LogP contribution >= 0.6 is 0 Å². The molecule has 0 aliphatic heterocycles. The number of hydrogen-bond donors (Lipinski definition) is 3. The molecule has 0 saturated heterocycles. The van der Waals surface area contributed by atoms with E-state index in [4.69, 9.17) is 0 Å². The molecule has 6 aromatic rings. The number of H-pyrrole nitrogens is 2. The zero-order chi connectivity index (χ0) is 29.7. The highest BCUT2D eigenvalue weighted by atomic mass is 32.2. The number of carbonyl (C=O) groups is 1. The van der Waals surface area contributed by atoms with Crippen LogP contribution in [-0.2, 0) is 21.1 Å². The van der Waals surface area contributed by atoms with Crippen molar-refractivity contribution in [2.45, 2.75) is 19.3 Å². The maximum Gasteiger partial charge on any atom is 0.227 e. The summed E-state index contributed by atoms with van der Waals surface area (Å²) >= 11 is 0. The highest BCUT2D eigenvalue weighted by Crippen LogP contribution is 2.35. The van der Waals surface area contributed by atoms with Crippen LogP contribution in [0, 0.1) is 11.7 Å². The van der Waals surface area contributed by atoms with E-state index in [1.165, 1.54) is 12.1 Å². The molecule has 0 spiro atoms. The highest BCUT2D eigenvalue weighted by molar-refractivity contribution is 7.90. The number of rotatable bonds is 8. The van der Waals surface area contributed by atoms with Gasteiger partial charge in [-0.25, -0.2) is 17.8 Å². The van der Waals surface area contributed by atoms with Crippen molar-refractivity contribution in [3.05, 3.63) is 78.6 Å². The van der Waals surface area contributed by atoms with Crippen LogP contribution in [0.2, 0.25) is 0 Å². The van der Waals surface area contributed by atoms with Gasteiger partial charge in [0.1, 0.15) is 15.7 Å². The maximum atomic E-state index is 14.6. The van der Waals surface area contributed by atoms with Gasteiger partial charge in [-0.05, 0) is 67.3 Å². The molecule has 216 valence electrons. The molecule has 0 atom stereocenters. The molecule has 1 amide bonds. The molecule has 10 nitrogen and oxygen atoms in total. The largest absolute Gasteiger partial charge is 0.353 e. The molecule has 0 radical (unpaired) electrons. The van der Waals surface area contributed by atoms with Gasteiger partial charge < -0.3 is 10.3 Å². The fourth-order valence-corrected chi connectivity index (χ4v) is 5.78. The van der Waals surface area contributed by atoms with Crippen LogP contribution in [0.4, 0.5) is 10.1 Å². The summed E-state index contributed by atoms with van der Waals surface area (Å²) in [6.45, 7) is 0. The molecule has 43 heavy (non-hydrogen) atoms. The van der Waals surface area contributed by atoms with Gasteiger partial charge in [0, 0.05) is 63.7 Å². The number of benzene rings is 1. The van der Waals surface area contributed by atoms with Crippen LogP contribution in [0.15, 0.2) is 67.3 Å². The van der Waals surface area contributed by atoms with Crippen molar-refractivity contribution in [3.63, 3.8) is 0 Å². The zero-order valence-corrected chi connectivity index (χ0v) is 23.9. The number of fused-ring (bicyclic) bond motifs is 2. The van der Waals surface area contributed by atoms with Gasteiger partial charge in [0.05, 0.1) is 34.7 Å². The Morgan fingerprint density at radius 2 is 1.84 bits per heavy atom. The van der Waals surface area contributed by atoms with E-state index in [9.17, 15) is 17.6 Å².